The fourth-order valence-electron chi connectivity index (χ4n) is 1.77. The maximum absolute atomic E-state index is 9.72. The van der Waals surface area contributed by atoms with E-state index in [9.17, 15) is 5.11 Å². The first-order valence-corrected chi connectivity index (χ1v) is 6.57. The molecule has 0 atom stereocenters. The largest absolute Gasteiger partial charge is 0.493 e. The lowest BCUT2D eigenvalue weighted by Crippen LogP contribution is -1.89. The van der Waals surface area contributed by atoms with E-state index < -0.39 is 0 Å². The van der Waals surface area contributed by atoms with Gasteiger partial charge in [0, 0.05) is 23.1 Å². The molecular formula is C13H16N2OS. The molecule has 0 saturated heterocycles. The summed E-state index contributed by atoms with van der Waals surface area (Å²) in [6.45, 7) is 4.02. The van der Waals surface area contributed by atoms with Crippen molar-refractivity contribution >= 4 is 11.8 Å². The van der Waals surface area contributed by atoms with Crippen LogP contribution in [0.15, 0.2) is 29.2 Å². The molecule has 2 aromatic rings. The molecule has 0 amide bonds. The molecule has 0 aliphatic heterocycles. The van der Waals surface area contributed by atoms with Crippen molar-refractivity contribution in [3.05, 3.63) is 29.8 Å². The van der Waals surface area contributed by atoms with Crippen molar-refractivity contribution in [3.63, 3.8) is 0 Å². The second kappa shape index (κ2) is 4.84. The molecule has 0 aliphatic carbocycles. The van der Waals surface area contributed by atoms with Gasteiger partial charge in [0.1, 0.15) is 0 Å². The smallest absolute Gasteiger partial charge is 0.212 e. The second-order valence-electron chi connectivity index (χ2n) is 3.88. The van der Waals surface area contributed by atoms with Gasteiger partial charge in [-0.3, -0.25) is 0 Å². The van der Waals surface area contributed by atoms with Crippen LogP contribution >= 0.6 is 11.8 Å². The van der Waals surface area contributed by atoms with Gasteiger partial charge in [-0.2, -0.15) is 5.10 Å². The Labute approximate surface area is 105 Å². The molecule has 4 heteroatoms. The molecule has 0 bridgehead atoms. The molecule has 0 aliphatic rings. The molecule has 0 spiro atoms. The maximum atomic E-state index is 9.72. The molecule has 1 aromatic heterocycles. The topological polar surface area (TPSA) is 38.0 Å². The highest BCUT2D eigenvalue weighted by Gasteiger charge is 2.12. The van der Waals surface area contributed by atoms with Crippen LogP contribution in [-0.4, -0.2) is 20.6 Å². The fourth-order valence-corrected chi connectivity index (χ4v) is 2.43. The van der Waals surface area contributed by atoms with E-state index in [-0.39, 0.29) is 5.88 Å². The minimum Gasteiger partial charge on any atom is -0.493 e. The fraction of sp³-hybridized carbons (Fsp3) is 0.308. The van der Waals surface area contributed by atoms with E-state index in [1.54, 1.807) is 7.05 Å². The first kappa shape index (κ1) is 12.0. The Balaban J connectivity index is 2.36. The zero-order valence-electron chi connectivity index (χ0n) is 10.3. The second-order valence-corrected chi connectivity index (χ2v) is 5.22. The minimum absolute atomic E-state index is 0.229. The normalized spacial score (nSPS) is 10.8. The van der Waals surface area contributed by atoms with Crippen LogP contribution in [0.4, 0.5) is 0 Å². The zero-order valence-corrected chi connectivity index (χ0v) is 11.1. The summed E-state index contributed by atoms with van der Waals surface area (Å²) in [5.41, 5.74) is 2.71. The molecule has 0 unspecified atom stereocenters. The third-order valence-corrected chi connectivity index (χ3v) is 3.58. The number of rotatable bonds is 3. The number of benzene rings is 1. The molecule has 1 aromatic carbocycles. The van der Waals surface area contributed by atoms with Crippen LogP contribution in [0.3, 0.4) is 0 Å². The summed E-state index contributed by atoms with van der Waals surface area (Å²) in [5.74, 6) is 1.30. The summed E-state index contributed by atoms with van der Waals surface area (Å²) >= 11 is 1.82. The highest BCUT2D eigenvalue weighted by atomic mass is 32.2. The Bertz CT molecular complexity index is 517. The van der Waals surface area contributed by atoms with Gasteiger partial charge in [0.15, 0.2) is 0 Å². The highest BCUT2D eigenvalue weighted by Crippen LogP contribution is 2.29. The third-order valence-electron chi connectivity index (χ3n) is 2.69. The maximum Gasteiger partial charge on any atom is 0.212 e. The number of aryl methyl sites for hydroxylation is 1. The van der Waals surface area contributed by atoms with Crippen LogP contribution < -0.4 is 0 Å². The van der Waals surface area contributed by atoms with E-state index in [1.807, 2.05) is 30.8 Å². The van der Waals surface area contributed by atoms with Crippen LogP contribution in [0.25, 0.3) is 11.3 Å². The van der Waals surface area contributed by atoms with E-state index in [4.69, 9.17) is 0 Å². The van der Waals surface area contributed by atoms with Crippen LogP contribution in [0.2, 0.25) is 0 Å². The van der Waals surface area contributed by atoms with Gasteiger partial charge in [0.25, 0.3) is 0 Å². The van der Waals surface area contributed by atoms with Crippen molar-refractivity contribution < 1.29 is 5.11 Å². The number of thioether (sulfide) groups is 1. The number of aromatic hydroxyl groups is 1. The summed E-state index contributed by atoms with van der Waals surface area (Å²) in [6, 6.07) is 8.28. The summed E-state index contributed by atoms with van der Waals surface area (Å²) < 4.78 is 1.50. The molecule has 0 saturated carbocycles. The Morgan fingerprint density at radius 1 is 1.29 bits per heavy atom. The van der Waals surface area contributed by atoms with Gasteiger partial charge in [0.2, 0.25) is 5.88 Å². The number of aromatic nitrogens is 2. The van der Waals surface area contributed by atoms with E-state index in [1.165, 1.54) is 9.58 Å². The predicted molar refractivity (Wildman–Crippen MR) is 71.4 cm³/mol. The van der Waals surface area contributed by atoms with Crippen molar-refractivity contribution in [3.8, 4) is 17.1 Å². The lowest BCUT2D eigenvalue weighted by atomic mass is 10.1. The molecule has 1 heterocycles. The van der Waals surface area contributed by atoms with Crippen molar-refractivity contribution in [2.45, 2.75) is 18.7 Å². The molecular weight excluding hydrogens is 232 g/mol. The van der Waals surface area contributed by atoms with Gasteiger partial charge in [-0.15, -0.1) is 11.8 Å². The summed E-state index contributed by atoms with van der Waals surface area (Å²) in [4.78, 5) is 1.26. The molecule has 90 valence electrons. The lowest BCUT2D eigenvalue weighted by Gasteiger charge is -2.01. The Hall–Kier alpha value is -1.42. The van der Waals surface area contributed by atoms with Gasteiger partial charge in [-0.05, 0) is 24.8 Å². The van der Waals surface area contributed by atoms with E-state index >= 15 is 0 Å². The van der Waals surface area contributed by atoms with Crippen molar-refractivity contribution in [2.75, 3.05) is 5.75 Å². The number of hydrogen-bond donors (Lipinski definition) is 1. The van der Waals surface area contributed by atoms with Gasteiger partial charge in [-0.1, -0.05) is 19.1 Å². The zero-order chi connectivity index (χ0) is 12.4. The van der Waals surface area contributed by atoms with Gasteiger partial charge in [0.05, 0.1) is 5.69 Å². The molecule has 0 radical (unpaired) electrons. The summed E-state index contributed by atoms with van der Waals surface area (Å²) in [5, 5.41) is 14.0. The quantitative estimate of drug-likeness (QED) is 0.848. The molecule has 2 rings (SSSR count). The van der Waals surface area contributed by atoms with Gasteiger partial charge in [-0.25, -0.2) is 4.68 Å². The number of nitrogens with zero attached hydrogens (tertiary/aromatic N) is 2. The van der Waals surface area contributed by atoms with Crippen molar-refractivity contribution in [2.24, 2.45) is 7.05 Å². The Kier molecular flexibility index (Phi) is 3.43. The first-order valence-electron chi connectivity index (χ1n) is 5.59. The van der Waals surface area contributed by atoms with Crippen LogP contribution in [0, 0.1) is 6.92 Å². The standard InChI is InChI=1S/C13H16N2OS/c1-4-17-11-7-5-10(6-8-11)12-9(2)13(16)15(3)14-12/h5-8,16H,4H2,1-3H3. The van der Waals surface area contributed by atoms with Crippen LogP contribution in [0.5, 0.6) is 5.88 Å². The molecule has 17 heavy (non-hydrogen) atoms. The first-order chi connectivity index (χ1) is 8.13. The Morgan fingerprint density at radius 2 is 1.94 bits per heavy atom. The average molecular weight is 248 g/mol. The number of hydrogen-bond acceptors (Lipinski definition) is 3. The van der Waals surface area contributed by atoms with Gasteiger partial charge >= 0.3 is 0 Å². The monoisotopic (exact) mass is 248 g/mol. The van der Waals surface area contributed by atoms with Crippen LogP contribution in [-0.2, 0) is 7.05 Å². The average Bonchev–Trinajstić information content (AvgIpc) is 2.59. The lowest BCUT2D eigenvalue weighted by molar-refractivity contribution is 0.416. The van der Waals surface area contributed by atoms with Crippen molar-refractivity contribution in [1.82, 2.24) is 9.78 Å². The highest BCUT2D eigenvalue weighted by molar-refractivity contribution is 7.99. The predicted octanol–water partition coefficient (Wildman–Crippen LogP) is 3.21. The minimum atomic E-state index is 0.229. The van der Waals surface area contributed by atoms with E-state index in [0.29, 0.717) is 0 Å². The SMILES string of the molecule is CCSc1ccc(-c2nn(C)c(O)c2C)cc1. The third kappa shape index (κ3) is 2.31. The molecule has 1 N–H and O–H groups in total. The summed E-state index contributed by atoms with van der Waals surface area (Å²) in [7, 11) is 1.74. The van der Waals surface area contributed by atoms with E-state index in [2.05, 4.69) is 24.2 Å². The van der Waals surface area contributed by atoms with Gasteiger partial charge < -0.3 is 5.11 Å². The van der Waals surface area contributed by atoms with Crippen LogP contribution in [0.1, 0.15) is 12.5 Å². The van der Waals surface area contributed by atoms with Crippen molar-refractivity contribution in [1.29, 1.82) is 0 Å². The Morgan fingerprint density at radius 3 is 2.41 bits per heavy atom. The molecule has 3 nitrogen and oxygen atoms in total. The summed E-state index contributed by atoms with van der Waals surface area (Å²) in [6.07, 6.45) is 0. The molecule has 0 fully saturated rings. The van der Waals surface area contributed by atoms with E-state index in [0.717, 1.165) is 22.6 Å².